The summed E-state index contributed by atoms with van der Waals surface area (Å²) in [6.07, 6.45) is 3.81. The van der Waals surface area contributed by atoms with Gasteiger partial charge in [-0.05, 0) is 43.1 Å². The van der Waals surface area contributed by atoms with Crippen molar-refractivity contribution in [2.75, 3.05) is 6.54 Å². The fourth-order valence-corrected chi connectivity index (χ4v) is 2.80. The van der Waals surface area contributed by atoms with Gasteiger partial charge in [-0.25, -0.2) is 0 Å². The van der Waals surface area contributed by atoms with E-state index in [0.717, 1.165) is 16.0 Å². The van der Waals surface area contributed by atoms with E-state index in [1.54, 1.807) is 0 Å². The summed E-state index contributed by atoms with van der Waals surface area (Å²) in [4.78, 5) is 0. The molecule has 1 unspecified atom stereocenters. The Hall–Kier alpha value is -0.0500. The fraction of sp³-hybridized carbons (Fsp3) is 0.455. The highest BCUT2D eigenvalue weighted by Gasteiger charge is 2.15. The number of piperidine rings is 1. The van der Waals surface area contributed by atoms with Crippen molar-refractivity contribution in [2.45, 2.75) is 25.3 Å². The summed E-state index contributed by atoms with van der Waals surface area (Å²) >= 11 is 9.48. The quantitative estimate of drug-likeness (QED) is 0.818. The second-order valence-corrected chi connectivity index (χ2v) is 5.06. The second kappa shape index (κ2) is 4.65. The molecular formula is C11H13BrClN. The molecule has 1 fully saturated rings. The van der Waals surface area contributed by atoms with Crippen molar-refractivity contribution in [2.24, 2.45) is 0 Å². The van der Waals surface area contributed by atoms with Crippen LogP contribution in [0.4, 0.5) is 0 Å². The first-order chi connectivity index (χ1) is 6.75. The van der Waals surface area contributed by atoms with E-state index in [0.29, 0.717) is 6.04 Å². The molecule has 1 nitrogen and oxygen atoms in total. The lowest BCUT2D eigenvalue weighted by atomic mass is 9.98. The minimum Gasteiger partial charge on any atom is -0.310 e. The van der Waals surface area contributed by atoms with Crippen molar-refractivity contribution >= 4 is 27.5 Å². The molecule has 1 atom stereocenters. The van der Waals surface area contributed by atoms with E-state index in [1.165, 1.54) is 24.8 Å². The minimum atomic E-state index is 0.485. The van der Waals surface area contributed by atoms with Gasteiger partial charge in [-0.1, -0.05) is 34.0 Å². The van der Waals surface area contributed by atoms with E-state index in [1.807, 2.05) is 6.07 Å². The van der Waals surface area contributed by atoms with Crippen LogP contribution >= 0.6 is 27.5 Å². The van der Waals surface area contributed by atoms with Gasteiger partial charge in [-0.3, -0.25) is 0 Å². The van der Waals surface area contributed by atoms with Gasteiger partial charge in [0.05, 0.1) is 0 Å². The first-order valence-electron chi connectivity index (χ1n) is 4.95. The molecule has 1 heterocycles. The number of benzene rings is 1. The second-order valence-electron chi connectivity index (χ2n) is 3.71. The Bertz CT molecular complexity index is 301. The molecule has 0 radical (unpaired) electrons. The summed E-state index contributed by atoms with van der Waals surface area (Å²) in [7, 11) is 0. The van der Waals surface area contributed by atoms with E-state index >= 15 is 0 Å². The Morgan fingerprint density at radius 3 is 2.79 bits per heavy atom. The zero-order valence-corrected chi connectivity index (χ0v) is 10.2. The van der Waals surface area contributed by atoms with Crippen LogP contribution in [0.5, 0.6) is 0 Å². The van der Waals surface area contributed by atoms with Crippen molar-refractivity contribution < 1.29 is 0 Å². The van der Waals surface area contributed by atoms with Gasteiger partial charge in [0.2, 0.25) is 0 Å². The molecule has 0 amide bonds. The molecule has 1 aromatic carbocycles. The van der Waals surface area contributed by atoms with Crippen molar-refractivity contribution in [3.63, 3.8) is 0 Å². The van der Waals surface area contributed by atoms with E-state index in [9.17, 15) is 0 Å². The first-order valence-corrected chi connectivity index (χ1v) is 6.12. The topological polar surface area (TPSA) is 12.0 Å². The summed E-state index contributed by atoms with van der Waals surface area (Å²) in [5.41, 5.74) is 1.30. The summed E-state index contributed by atoms with van der Waals surface area (Å²) in [6, 6.07) is 6.61. The van der Waals surface area contributed by atoms with Crippen LogP contribution in [0, 0.1) is 0 Å². The summed E-state index contributed by atoms with van der Waals surface area (Å²) in [5, 5.41) is 4.32. The van der Waals surface area contributed by atoms with Gasteiger partial charge in [0.15, 0.2) is 0 Å². The van der Waals surface area contributed by atoms with Gasteiger partial charge in [0.1, 0.15) is 0 Å². The minimum absolute atomic E-state index is 0.485. The monoisotopic (exact) mass is 273 g/mol. The van der Waals surface area contributed by atoms with Gasteiger partial charge >= 0.3 is 0 Å². The zero-order chi connectivity index (χ0) is 9.97. The Labute approximate surface area is 98.0 Å². The van der Waals surface area contributed by atoms with Gasteiger partial charge in [-0.2, -0.15) is 0 Å². The molecule has 14 heavy (non-hydrogen) atoms. The van der Waals surface area contributed by atoms with Crippen molar-refractivity contribution in [3.05, 3.63) is 33.3 Å². The molecule has 0 saturated carbocycles. The van der Waals surface area contributed by atoms with Crippen LogP contribution in [-0.4, -0.2) is 6.54 Å². The Balaban J connectivity index is 2.21. The highest BCUT2D eigenvalue weighted by Crippen LogP contribution is 2.28. The van der Waals surface area contributed by atoms with Crippen LogP contribution < -0.4 is 5.32 Å². The third-order valence-corrected chi connectivity index (χ3v) is 3.27. The molecule has 2 rings (SSSR count). The van der Waals surface area contributed by atoms with E-state index in [2.05, 4.69) is 33.4 Å². The Morgan fingerprint density at radius 2 is 2.14 bits per heavy atom. The summed E-state index contributed by atoms with van der Waals surface area (Å²) in [6.45, 7) is 1.12. The van der Waals surface area contributed by atoms with E-state index in [4.69, 9.17) is 11.6 Å². The van der Waals surface area contributed by atoms with Crippen molar-refractivity contribution in [3.8, 4) is 0 Å². The molecule has 1 saturated heterocycles. The number of hydrogen-bond donors (Lipinski definition) is 1. The maximum Gasteiger partial charge on any atom is 0.0420 e. The smallest absolute Gasteiger partial charge is 0.0420 e. The predicted molar refractivity (Wildman–Crippen MR) is 63.7 cm³/mol. The number of halogens is 2. The summed E-state index contributed by atoms with van der Waals surface area (Å²) < 4.78 is 1.06. The van der Waals surface area contributed by atoms with Crippen molar-refractivity contribution in [1.29, 1.82) is 0 Å². The molecule has 76 valence electrons. The van der Waals surface area contributed by atoms with Crippen molar-refractivity contribution in [1.82, 2.24) is 5.32 Å². The van der Waals surface area contributed by atoms with Crippen LogP contribution in [0.2, 0.25) is 5.02 Å². The number of hydrogen-bond acceptors (Lipinski definition) is 1. The van der Waals surface area contributed by atoms with Crippen LogP contribution in [0.3, 0.4) is 0 Å². The number of nitrogens with one attached hydrogen (secondary N) is 1. The molecule has 1 N–H and O–H groups in total. The lowest BCUT2D eigenvalue weighted by molar-refractivity contribution is 0.412. The van der Waals surface area contributed by atoms with Crippen LogP contribution in [0.25, 0.3) is 0 Å². The Morgan fingerprint density at radius 1 is 1.29 bits per heavy atom. The largest absolute Gasteiger partial charge is 0.310 e. The van der Waals surface area contributed by atoms with Crippen LogP contribution in [0.15, 0.2) is 22.7 Å². The molecule has 1 aliphatic heterocycles. The zero-order valence-electron chi connectivity index (χ0n) is 7.89. The highest BCUT2D eigenvalue weighted by atomic mass is 79.9. The third-order valence-electron chi connectivity index (χ3n) is 2.60. The standard InChI is InChI=1S/C11H13BrClN/c12-9-5-8(6-10(13)7-9)11-3-1-2-4-14-11/h5-7,11,14H,1-4H2. The lowest BCUT2D eigenvalue weighted by Crippen LogP contribution is -2.26. The fourth-order valence-electron chi connectivity index (χ4n) is 1.91. The SMILES string of the molecule is Clc1cc(Br)cc(C2CCCCN2)c1. The average molecular weight is 275 g/mol. The molecule has 0 spiro atoms. The average Bonchev–Trinajstić information content (AvgIpc) is 2.18. The van der Waals surface area contributed by atoms with Gasteiger partial charge < -0.3 is 5.32 Å². The normalized spacial score (nSPS) is 22.3. The molecule has 3 heteroatoms. The maximum absolute atomic E-state index is 6.01. The molecule has 1 aromatic rings. The van der Waals surface area contributed by atoms with Gasteiger partial charge in [0.25, 0.3) is 0 Å². The number of rotatable bonds is 1. The summed E-state index contributed by atoms with van der Waals surface area (Å²) in [5.74, 6) is 0. The van der Waals surface area contributed by atoms with Gasteiger partial charge in [0, 0.05) is 15.5 Å². The molecule has 1 aliphatic rings. The predicted octanol–water partition coefficient (Wildman–Crippen LogP) is 3.92. The third kappa shape index (κ3) is 2.50. The van der Waals surface area contributed by atoms with Crippen LogP contribution in [-0.2, 0) is 0 Å². The molecular weight excluding hydrogens is 261 g/mol. The molecule has 0 aliphatic carbocycles. The van der Waals surface area contributed by atoms with Gasteiger partial charge in [-0.15, -0.1) is 0 Å². The maximum atomic E-state index is 6.01. The molecule has 0 bridgehead atoms. The Kier molecular flexibility index (Phi) is 3.47. The first kappa shape index (κ1) is 10.5. The highest BCUT2D eigenvalue weighted by molar-refractivity contribution is 9.10. The van der Waals surface area contributed by atoms with Crippen LogP contribution in [0.1, 0.15) is 30.9 Å². The molecule has 0 aromatic heterocycles. The lowest BCUT2D eigenvalue weighted by Gasteiger charge is -2.24. The van der Waals surface area contributed by atoms with E-state index < -0.39 is 0 Å². The van der Waals surface area contributed by atoms with E-state index in [-0.39, 0.29) is 0 Å².